The van der Waals surface area contributed by atoms with Gasteiger partial charge in [0, 0.05) is 38.6 Å². The second kappa shape index (κ2) is 13.7. The van der Waals surface area contributed by atoms with Crippen LogP contribution >= 0.6 is 0 Å². The van der Waals surface area contributed by atoms with Crippen molar-refractivity contribution in [2.75, 3.05) is 0 Å². The van der Waals surface area contributed by atoms with Crippen LogP contribution in [0.2, 0.25) is 0 Å². The lowest BCUT2D eigenvalue weighted by molar-refractivity contribution is 0.668. The monoisotopic (exact) mass is 793 g/mol. The Morgan fingerprint density at radius 1 is 0.403 bits per heavy atom. The number of para-hydroxylation sites is 1. The molecule has 0 spiro atoms. The van der Waals surface area contributed by atoms with E-state index in [2.05, 4.69) is 164 Å². The Hall–Kier alpha value is -8.15. The molecule has 3 heterocycles. The fourth-order valence-electron chi connectivity index (χ4n) is 9.77. The molecule has 13 rings (SSSR count). The minimum Gasteiger partial charge on any atom is -0.456 e. The summed E-state index contributed by atoms with van der Waals surface area (Å²) in [5.41, 5.74) is 12.3. The van der Waals surface area contributed by atoms with Gasteiger partial charge in [0.2, 0.25) is 0 Å². The maximum atomic E-state index is 6.65. The maximum absolute atomic E-state index is 6.65. The average Bonchev–Trinajstić information content (AvgIpc) is 3.91. The van der Waals surface area contributed by atoms with Crippen LogP contribution < -0.4 is 0 Å². The first-order valence-corrected chi connectivity index (χ1v) is 21.1. The largest absolute Gasteiger partial charge is 0.456 e. The lowest BCUT2D eigenvalue weighted by Gasteiger charge is -2.20. The summed E-state index contributed by atoms with van der Waals surface area (Å²) in [6, 6.07) is 63.9. The number of fused-ring (bicyclic) bond motifs is 9. The number of aromatic nitrogens is 3. The van der Waals surface area contributed by atoms with Crippen molar-refractivity contribution in [1.29, 1.82) is 0 Å². The van der Waals surface area contributed by atoms with Gasteiger partial charge in [0.25, 0.3) is 0 Å². The predicted octanol–water partition coefficient (Wildman–Crippen LogP) is 15.0. The molecule has 0 saturated carbocycles. The zero-order valence-electron chi connectivity index (χ0n) is 33.4. The van der Waals surface area contributed by atoms with Crippen molar-refractivity contribution in [3.05, 3.63) is 205 Å². The Bertz CT molecular complexity index is 3810. The van der Waals surface area contributed by atoms with Gasteiger partial charge in [-0.25, -0.2) is 15.0 Å². The molecule has 12 aromatic rings. The molecule has 0 aliphatic heterocycles. The fourth-order valence-corrected chi connectivity index (χ4v) is 9.77. The molecule has 290 valence electrons. The average molecular weight is 794 g/mol. The van der Waals surface area contributed by atoms with Crippen LogP contribution in [-0.2, 0) is 6.42 Å². The van der Waals surface area contributed by atoms with Gasteiger partial charge in [-0.05, 0) is 97.7 Å². The highest BCUT2D eigenvalue weighted by Gasteiger charge is 2.24. The molecule has 0 saturated heterocycles. The van der Waals surface area contributed by atoms with E-state index in [-0.39, 0.29) is 5.92 Å². The van der Waals surface area contributed by atoms with E-state index in [0.29, 0.717) is 11.6 Å². The molecule has 1 aliphatic carbocycles. The minimum atomic E-state index is -0.0238. The van der Waals surface area contributed by atoms with E-state index < -0.39 is 0 Å². The van der Waals surface area contributed by atoms with Crippen LogP contribution in [0.3, 0.4) is 0 Å². The Morgan fingerprint density at radius 3 is 1.87 bits per heavy atom. The van der Waals surface area contributed by atoms with Crippen LogP contribution in [0, 0.1) is 0 Å². The van der Waals surface area contributed by atoms with Crippen molar-refractivity contribution < 1.29 is 8.83 Å². The van der Waals surface area contributed by atoms with E-state index in [1.807, 2.05) is 30.3 Å². The molecule has 9 aromatic carbocycles. The molecule has 1 atom stereocenters. The second-order valence-electron chi connectivity index (χ2n) is 16.2. The molecular weight excluding hydrogens is 759 g/mol. The third-order valence-electron chi connectivity index (χ3n) is 12.7. The van der Waals surface area contributed by atoms with Gasteiger partial charge in [-0.15, -0.1) is 0 Å². The van der Waals surface area contributed by atoms with E-state index in [1.165, 1.54) is 27.5 Å². The SMILES string of the molecule is C1=CC(c2nc(-c3ccc(-c4cccc5oc6cc(-c7cccc8ccccc78)ccc6c45)c4ccccc34)nc(-c3cccc4oc5ccccc5c34)n2)Cc2ccccc21. The number of nitrogens with zero attached hydrogens (tertiary/aromatic N) is 3. The summed E-state index contributed by atoms with van der Waals surface area (Å²) < 4.78 is 13.0. The van der Waals surface area contributed by atoms with E-state index in [1.54, 1.807) is 0 Å². The molecule has 5 heteroatoms. The first-order chi connectivity index (χ1) is 30.7. The van der Waals surface area contributed by atoms with E-state index in [0.717, 1.165) is 94.7 Å². The Kier molecular flexibility index (Phi) is 7.66. The highest BCUT2D eigenvalue weighted by atomic mass is 16.3. The lowest BCUT2D eigenvalue weighted by atomic mass is 9.89. The predicted molar refractivity (Wildman–Crippen MR) is 253 cm³/mol. The normalized spacial score (nSPS) is 13.8. The van der Waals surface area contributed by atoms with Crippen molar-refractivity contribution >= 4 is 71.5 Å². The summed E-state index contributed by atoms with van der Waals surface area (Å²) in [6.07, 6.45) is 5.24. The van der Waals surface area contributed by atoms with Crippen LogP contribution in [0.15, 0.2) is 197 Å². The molecule has 3 aromatic heterocycles. The highest BCUT2D eigenvalue weighted by Crippen LogP contribution is 2.44. The lowest BCUT2D eigenvalue weighted by Crippen LogP contribution is -2.12. The summed E-state index contributed by atoms with van der Waals surface area (Å²) in [5, 5.41) is 8.83. The van der Waals surface area contributed by atoms with Crippen LogP contribution in [0.4, 0.5) is 0 Å². The summed E-state index contributed by atoms with van der Waals surface area (Å²) in [7, 11) is 0. The molecule has 0 radical (unpaired) electrons. The molecule has 0 fully saturated rings. The van der Waals surface area contributed by atoms with Crippen LogP contribution in [0.25, 0.3) is 117 Å². The van der Waals surface area contributed by atoms with Gasteiger partial charge in [-0.3, -0.25) is 0 Å². The van der Waals surface area contributed by atoms with E-state index in [9.17, 15) is 0 Å². The van der Waals surface area contributed by atoms with Crippen molar-refractivity contribution in [3.8, 4) is 45.0 Å². The second-order valence-corrected chi connectivity index (χ2v) is 16.2. The van der Waals surface area contributed by atoms with Crippen LogP contribution in [-0.4, -0.2) is 15.0 Å². The summed E-state index contributed by atoms with van der Waals surface area (Å²) in [4.78, 5) is 15.9. The number of hydrogen-bond acceptors (Lipinski definition) is 5. The molecule has 5 nitrogen and oxygen atoms in total. The maximum Gasteiger partial charge on any atom is 0.164 e. The van der Waals surface area contributed by atoms with Gasteiger partial charge in [0.05, 0.1) is 0 Å². The number of hydrogen-bond donors (Lipinski definition) is 0. The number of furan rings is 2. The number of rotatable bonds is 5. The zero-order chi connectivity index (χ0) is 40.7. The first kappa shape index (κ1) is 34.7. The van der Waals surface area contributed by atoms with Crippen LogP contribution in [0.1, 0.15) is 22.9 Å². The Morgan fingerprint density at radius 2 is 1.00 bits per heavy atom. The quantitative estimate of drug-likeness (QED) is 0.174. The van der Waals surface area contributed by atoms with Gasteiger partial charge in [-0.1, -0.05) is 158 Å². The van der Waals surface area contributed by atoms with Crippen molar-refractivity contribution in [2.24, 2.45) is 0 Å². The molecule has 1 unspecified atom stereocenters. The molecule has 1 aliphatic rings. The van der Waals surface area contributed by atoms with Gasteiger partial charge in [-0.2, -0.15) is 0 Å². The summed E-state index contributed by atoms with van der Waals surface area (Å²) in [5.74, 6) is 1.98. The third-order valence-corrected chi connectivity index (χ3v) is 12.7. The minimum absolute atomic E-state index is 0.0238. The molecule has 0 bridgehead atoms. The summed E-state index contributed by atoms with van der Waals surface area (Å²) in [6.45, 7) is 0. The standard InChI is InChI=1S/C57H35N3O2/c1-2-14-36-32-38(27-26-34(36)12-1)55-58-56(60-57(59-55)48-22-11-25-51-54(48)46-19-7-8-23-49(46)61-51)45-31-30-43(41-17-5-6-18-42(41)45)44-21-10-24-50-53(44)47-29-28-37(33-52(47)62-50)40-20-9-15-35-13-3-4-16-39(35)40/h1-31,33,38H,32H2. The van der Waals surface area contributed by atoms with Gasteiger partial charge >= 0.3 is 0 Å². The van der Waals surface area contributed by atoms with Crippen molar-refractivity contribution in [2.45, 2.75) is 12.3 Å². The van der Waals surface area contributed by atoms with Gasteiger partial charge in [0.1, 0.15) is 28.2 Å². The number of allylic oxidation sites excluding steroid dienone is 1. The van der Waals surface area contributed by atoms with Crippen molar-refractivity contribution in [3.63, 3.8) is 0 Å². The summed E-state index contributed by atoms with van der Waals surface area (Å²) >= 11 is 0. The fraction of sp³-hybridized carbons (Fsp3) is 0.0351. The molecule has 62 heavy (non-hydrogen) atoms. The Labute approximate surface area is 356 Å². The third kappa shape index (κ3) is 5.45. The van der Waals surface area contributed by atoms with Crippen LogP contribution in [0.5, 0.6) is 0 Å². The number of benzene rings is 9. The van der Waals surface area contributed by atoms with E-state index >= 15 is 0 Å². The topological polar surface area (TPSA) is 65.0 Å². The zero-order valence-corrected chi connectivity index (χ0v) is 33.4. The smallest absolute Gasteiger partial charge is 0.164 e. The first-order valence-electron chi connectivity index (χ1n) is 21.1. The Balaban J connectivity index is 0.986. The highest BCUT2D eigenvalue weighted by molar-refractivity contribution is 6.17. The van der Waals surface area contributed by atoms with E-state index in [4.69, 9.17) is 23.8 Å². The molecular formula is C57H35N3O2. The molecule has 0 amide bonds. The van der Waals surface area contributed by atoms with Gasteiger partial charge < -0.3 is 8.83 Å². The van der Waals surface area contributed by atoms with Gasteiger partial charge in [0.15, 0.2) is 11.6 Å². The molecule has 0 N–H and O–H groups in total. The van der Waals surface area contributed by atoms with Crippen molar-refractivity contribution in [1.82, 2.24) is 15.0 Å².